The highest BCUT2D eigenvalue weighted by Crippen LogP contribution is 2.39. The number of hydrogen-bond donors (Lipinski definition) is 1. The van der Waals surface area contributed by atoms with Gasteiger partial charge in [-0.1, -0.05) is 28.9 Å². The molecule has 8 heteroatoms. The predicted octanol–water partition coefficient (Wildman–Crippen LogP) is 4.73. The number of carbonyl (C=O) groups is 1. The van der Waals surface area contributed by atoms with Gasteiger partial charge in [0, 0.05) is 5.56 Å². The third-order valence-electron chi connectivity index (χ3n) is 4.70. The predicted molar refractivity (Wildman–Crippen MR) is 121 cm³/mol. The van der Waals surface area contributed by atoms with E-state index in [0.717, 1.165) is 11.1 Å². The van der Waals surface area contributed by atoms with Crippen molar-refractivity contribution in [1.82, 2.24) is 10.2 Å². The summed E-state index contributed by atoms with van der Waals surface area (Å²) < 4.78 is 22.7. The van der Waals surface area contributed by atoms with E-state index >= 15 is 0 Å². The summed E-state index contributed by atoms with van der Waals surface area (Å²) in [6.45, 7) is 11.0. The van der Waals surface area contributed by atoms with Crippen molar-refractivity contribution in [3.05, 3.63) is 58.5 Å². The second-order valence-corrected chi connectivity index (χ2v) is 7.16. The fraction of sp³-hybridized carbons (Fsp3) is 0.375. The van der Waals surface area contributed by atoms with Crippen LogP contribution in [0.2, 0.25) is 0 Å². The van der Waals surface area contributed by atoms with E-state index in [2.05, 4.69) is 21.6 Å². The monoisotopic (exact) mass is 439 g/mol. The van der Waals surface area contributed by atoms with Crippen LogP contribution in [-0.4, -0.2) is 35.9 Å². The van der Waals surface area contributed by atoms with Crippen molar-refractivity contribution < 1.29 is 23.4 Å². The van der Waals surface area contributed by atoms with Gasteiger partial charge in [-0.25, -0.2) is 0 Å². The van der Waals surface area contributed by atoms with Crippen LogP contribution in [0.5, 0.6) is 17.2 Å². The van der Waals surface area contributed by atoms with Gasteiger partial charge in [-0.3, -0.25) is 10.1 Å². The molecule has 0 atom stereocenters. The quantitative estimate of drug-likeness (QED) is 0.488. The first kappa shape index (κ1) is 23.1. The van der Waals surface area contributed by atoms with E-state index in [4.69, 9.17) is 18.6 Å². The smallest absolute Gasteiger partial charge is 0.322 e. The Morgan fingerprint density at radius 3 is 2.19 bits per heavy atom. The molecule has 3 rings (SSSR count). The van der Waals surface area contributed by atoms with E-state index in [-0.39, 0.29) is 6.01 Å². The number of rotatable bonds is 10. The van der Waals surface area contributed by atoms with Gasteiger partial charge < -0.3 is 18.6 Å². The summed E-state index contributed by atoms with van der Waals surface area (Å²) >= 11 is 0. The van der Waals surface area contributed by atoms with Gasteiger partial charge in [-0.2, -0.15) is 0 Å². The lowest BCUT2D eigenvalue weighted by atomic mass is 10.0. The zero-order valence-electron chi connectivity index (χ0n) is 19.2. The summed E-state index contributed by atoms with van der Waals surface area (Å²) in [5, 5.41) is 10.7. The number of hydrogen-bond acceptors (Lipinski definition) is 7. The van der Waals surface area contributed by atoms with Gasteiger partial charge in [0.1, 0.15) is 0 Å². The Bertz CT molecular complexity index is 1050. The normalized spacial score (nSPS) is 10.7. The first-order chi connectivity index (χ1) is 15.4. The molecule has 0 spiro atoms. The highest BCUT2D eigenvalue weighted by molar-refractivity contribution is 6.04. The van der Waals surface area contributed by atoms with Crippen molar-refractivity contribution >= 4 is 11.9 Å². The minimum atomic E-state index is -0.420. The Morgan fingerprint density at radius 2 is 1.59 bits per heavy atom. The van der Waals surface area contributed by atoms with Crippen molar-refractivity contribution in [2.24, 2.45) is 0 Å². The lowest BCUT2D eigenvalue weighted by Gasteiger charge is -2.16. The molecule has 0 saturated carbocycles. The number of aryl methyl sites for hydroxylation is 2. The number of nitrogens with one attached hydrogen (secondary N) is 1. The van der Waals surface area contributed by atoms with E-state index in [0.29, 0.717) is 54.9 Å². The molecule has 1 N–H and O–H groups in total. The van der Waals surface area contributed by atoms with Gasteiger partial charge in [0.05, 0.1) is 26.2 Å². The molecule has 0 aliphatic rings. The van der Waals surface area contributed by atoms with Crippen molar-refractivity contribution in [3.8, 4) is 17.2 Å². The lowest BCUT2D eigenvalue weighted by molar-refractivity contribution is 0.102. The van der Waals surface area contributed by atoms with E-state index in [1.54, 1.807) is 12.1 Å². The minimum Gasteiger partial charge on any atom is -0.490 e. The molecule has 0 saturated heterocycles. The molecule has 0 aliphatic carbocycles. The Kier molecular flexibility index (Phi) is 7.70. The van der Waals surface area contributed by atoms with E-state index in [1.165, 1.54) is 5.56 Å². The molecule has 170 valence electrons. The topological polar surface area (TPSA) is 95.7 Å². The van der Waals surface area contributed by atoms with E-state index in [1.807, 2.05) is 46.8 Å². The highest BCUT2D eigenvalue weighted by Gasteiger charge is 2.20. The second-order valence-electron chi connectivity index (χ2n) is 7.16. The zero-order chi connectivity index (χ0) is 23.1. The lowest BCUT2D eigenvalue weighted by Crippen LogP contribution is -2.13. The molecule has 1 aromatic heterocycles. The van der Waals surface area contributed by atoms with Crippen molar-refractivity contribution in [1.29, 1.82) is 0 Å². The zero-order valence-corrected chi connectivity index (χ0v) is 19.2. The maximum absolute atomic E-state index is 12.9. The van der Waals surface area contributed by atoms with Gasteiger partial charge >= 0.3 is 6.01 Å². The van der Waals surface area contributed by atoms with Crippen LogP contribution in [0.3, 0.4) is 0 Å². The van der Waals surface area contributed by atoms with E-state index in [9.17, 15) is 4.79 Å². The molecule has 2 aromatic carbocycles. The first-order valence-electron chi connectivity index (χ1n) is 10.7. The standard InChI is InChI=1S/C24H29N3O5/c1-6-29-19-12-18(13-20(30-7-2)22(19)31-8-3)23(28)25-24-27-26-21(32-24)14-17-10-9-15(4)11-16(17)5/h9-13H,6-8,14H2,1-5H3,(H,25,27,28). The van der Waals surface area contributed by atoms with Crippen LogP contribution in [0.15, 0.2) is 34.7 Å². The van der Waals surface area contributed by atoms with Crippen LogP contribution in [0, 0.1) is 13.8 Å². The van der Waals surface area contributed by atoms with Gasteiger partial charge in [-0.05, 0) is 57.9 Å². The highest BCUT2D eigenvalue weighted by atomic mass is 16.5. The van der Waals surface area contributed by atoms with Gasteiger partial charge in [-0.15, -0.1) is 5.10 Å². The summed E-state index contributed by atoms with van der Waals surface area (Å²) in [5.41, 5.74) is 3.76. The molecule has 8 nitrogen and oxygen atoms in total. The average Bonchev–Trinajstić information content (AvgIpc) is 3.19. The molecule has 32 heavy (non-hydrogen) atoms. The number of amides is 1. The third-order valence-corrected chi connectivity index (χ3v) is 4.70. The molecule has 1 amide bonds. The van der Waals surface area contributed by atoms with Gasteiger partial charge in [0.25, 0.3) is 5.91 Å². The molecule has 1 heterocycles. The van der Waals surface area contributed by atoms with Crippen LogP contribution >= 0.6 is 0 Å². The summed E-state index contributed by atoms with van der Waals surface area (Å²) in [5.74, 6) is 1.35. The van der Waals surface area contributed by atoms with Crippen molar-refractivity contribution in [2.75, 3.05) is 25.1 Å². The minimum absolute atomic E-state index is 0.0274. The number of ether oxygens (including phenoxy) is 3. The van der Waals surface area contributed by atoms with Crippen LogP contribution in [0.4, 0.5) is 6.01 Å². The maximum atomic E-state index is 12.9. The molecule has 0 fully saturated rings. The van der Waals surface area contributed by atoms with Gasteiger partial charge in [0.15, 0.2) is 11.5 Å². The SMILES string of the molecule is CCOc1cc(C(=O)Nc2nnc(Cc3ccc(C)cc3C)o2)cc(OCC)c1OCC. The summed E-state index contributed by atoms with van der Waals surface area (Å²) in [6, 6.07) is 9.43. The Labute approximate surface area is 187 Å². The van der Waals surface area contributed by atoms with E-state index < -0.39 is 5.91 Å². The van der Waals surface area contributed by atoms with Crippen LogP contribution < -0.4 is 19.5 Å². The van der Waals surface area contributed by atoms with Crippen LogP contribution in [0.1, 0.15) is 53.7 Å². The molecule has 0 radical (unpaired) electrons. The fourth-order valence-corrected chi connectivity index (χ4v) is 3.27. The van der Waals surface area contributed by atoms with Gasteiger partial charge in [0.2, 0.25) is 11.6 Å². The number of benzene rings is 2. The number of aromatic nitrogens is 2. The fourth-order valence-electron chi connectivity index (χ4n) is 3.27. The summed E-state index contributed by atoms with van der Waals surface area (Å²) in [7, 11) is 0. The second kappa shape index (κ2) is 10.7. The molecule has 0 bridgehead atoms. The Hall–Kier alpha value is -3.55. The summed E-state index contributed by atoms with van der Waals surface area (Å²) in [6.07, 6.45) is 0.487. The average molecular weight is 440 g/mol. The first-order valence-corrected chi connectivity index (χ1v) is 10.7. The summed E-state index contributed by atoms with van der Waals surface area (Å²) in [4.78, 5) is 12.9. The molecule has 3 aromatic rings. The largest absolute Gasteiger partial charge is 0.490 e. The third kappa shape index (κ3) is 5.57. The molecular weight excluding hydrogens is 410 g/mol. The van der Waals surface area contributed by atoms with Crippen molar-refractivity contribution in [2.45, 2.75) is 41.0 Å². The molecule has 0 aliphatic heterocycles. The number of carbonyl (C=O) groups excluding carboxylic acids is 1. The molecular formula is C24H29N3O5. The Balaban J connectivity index is 1.79. The number of nitrogens with zero attached hydrogens (tertiary/aromatic N) is 2. The maximum Gasteiger partial charge on any atom is 0.322 e. The van der Waals surface area contributed by atoms with Crippen LogP contribution in [0.25, 0.3) is 0 Å². The van der Waals surface area contributed by atoms with Crippen molar-refractivity contribution in [3.63, 3.8) is 0 Å². The molecule has 0 unspecified atom stereocenters. The number of anilines is 1. The van der Waals surface area contributed by atoms with Crippen LogP contribution in [-0.2, 0) is 6.42 Å². The Morgan fingerprint density at radius 1 is 0.938 bits per heavy atom.